The number of piperidine rings is 1. The van der Waals surface area contributed by atoms with Crippen LogP contribution >= 0.6 is 0 Å². The van der Waals surface area contributed by atoms with E-state index in [4.69, 9.17) is 0 Å². The van der Waals surface area contributed by atoms with Gasteiger partial charge < -0.3 is 0 Å². The van der Waals surface area contributed by atoms with Crippen molar-refractivity contribution in [2.24, 2.45) is 0 Å². The highest BCUT2D eigenvalue weighted by Gasteiger charge is 2.51. The number of carbonyl (C=O) groups excluding carboxylic acids is 1. The van der Waals surface area contributed by atoms with E-state index in [9.17, 15) is 14.9 Å². The number of hydrogen-bond acceptors (Lipinski definition) is 4. The Hall–Kier alpha value is -2.73. The molecular weight excluding hydrogens is 330 g/mol. The third-order valence-electron chi connectivity index (χ3n) is 4.89. The van der Waals surface area contributed by atoms with Gasteiger partial charge in [-0.15, -0.1) is 0 Å². The molecule has 0 aliphatic carbocycles. The number of rotatable bonds is 6. The molecule has 0 spiro atoms. The fourth-order valence-electron chi connectivity index (χ4n) is 3.46. The van der Waals surface area contributed by atoms with Crippen molar-refractivity contribution >= 4 is 5.91 Å². The van der Waals surface area contributed by atoms with Crippen LogP contribution in [0.4, 0.5) is 0 Å². The fraction of sp³-hybridized carbons (Fsp3) is 0.350. The van der Waals surface area contributed by atoms with E-state index in [-0.39, 0.29) is 4.92 Å². The highest BCUT2D eigenvalue weighted by atomic mass is 16.6. The lowest BCUT2D eigenvalue weighted by Crippen LogP contribution is -2.67. The molecule has 6 heteroatoms. The average Bonchev–Trinajstić information content (AvgIpc) is 2.68. The number of nitrogens with zero attached hydrogens (tertiary/aromatic N) is 2. The van der Waals surface area contributed by atoms with Gasteiger partial charge in [-0.2, -0.15) is 0 Å². The molecule has 1 saturated heterocycles. The second kappa shape index (κ2) is 8.10. The third-order valence-corrected chi connectivity index (χ3v) is 4.89. The summed E-state index contributed by atoms with van der Waals surface area (Å²) in [4.78, 5) is 26.1. The lowest BCUT2D eigenvalue weighted by molar-refractivity contribution is -0.611. The average molecular weight is 353 g/mol. The third kappa shape index (κ3) is 3.91. The minimum atomic E-state index is -1.54. The molecule has 3 rings (SSSR count). The van der Waals surface area contributed by atoms with Crippen LogP contribution in [0.2, 0.25) is 0 Å². The first-order chi connectivity index (χ1) is 12.6. The SMILES string of the molecule is O=C(NC1([N+](=O)[O-])CCCCN1CCc1ccccc1)c1ccccc1. The summed E-state index contributed by atoms with van der Waals surface area (Å²) in [6, 6.07) is 18.6. The Morgan fingerprint density at radius 2 is 1.73 bits per heavy atom. The smallest absolute Gasteiger partial charge is 0.273 e. The standard InChI is InChI=1S/C20H23N3O3/c24-19(18-11-5-2-6-12-18)21-20(23(25)26)14-7-8-15-22(20)16-13-17-9-3-1-4-10-17/h1-6,9-12H,7-8,13-16H2,(H,21,24). The maximum atomic E-state index is 12.6. The molecule has 1 N–H and O–H groups in total. The zero-order valence-corrected chi connectivity index (χ0v) is 14.6. The normalized spacial score (nSPS) is 20.5. The highest BCUT2D eigenvalue weighted by Crippen LogP contribution is 2.27. The van der Waals surface area contributed by atoms with Gasteiger partial charge in [0, 0.05) is 18.7 Å². The predicted octanol–water partition coefficient (Wildman–Crippen LogP) is 3.08. The first-order valence-corrected chi connectivity index (χ1v) is 8.93. The predicted molar refractivity (Wildman–Crippen MR) is 99.2 cm³/mol. The van der Waals surface area contributed by atoms with Crippen molar-refractivity contribution in [3.8, 4) is 0 Å². The van der Waals surface area contributed by atoms with Crippen LogP contribution in [0.5, 0.6) is 0 Å². The van der Waals surface area contributed by atoms with E-state index in [0.717, 1.165) is 18.4 Å². The summed E-state index contributed by atoms with van der Waals surface area (Å²) in [7, 11) is 0. The molecule has 1 atom stereocenters. The Kier molecular flexibility index (Phi) is 5.63. The quantitative estimate of drug-likeness (QED) is 0.492. The van der Waals surface area contributed by atoms with E-state index in [0.29, 0.717) is 31.5 Å². The zero-order valence-electron chi connectivity index (χ0n) is 14.6. The summed E-state index contributed by atoms with van der Waals surface area (Å²) in [5.74, 6) is -1.95. The Morgan fingerprint density at radius 1 is 1.08 bits per heavy atom. The molecule has 1 aliphatic rings. The van der Waals surface area contributed by atoms with Gasteiger partial charge in [0.2, 0.25) is 0 Å². The molecule has 0 radical (unpaired) electrons. The maximum Gasteiger partial charge on any atom is 0.357 e. The Balaban J connectivity index is 1.79. The van der Waals surface area contributed by atoms with Gasteiger partial charge in [-0.05, 0) is 37.0 Å². The van der Waals surface area contributed by atoms with Crippen LogP contribution in [-0.4, -0.2) is 34.6 Å². The minimum Gasteiger partial charge on any atom is -0.273 e. The fourth-order valence-corrected chi connectivity index (χ4v) is 3.46. The van der Waals surface area contributed by atoms with Crippen molar-refractivity contribution in [2.75, 3.05) is 13.1 Å². The molecule has 1 aliphatic heterocycles. The van der Waals surface area contributed by atoms with Gasteiger partial charge in [0.05, 0.1) is 11.3 Å². The van der Waals surface area contributed by atoms with Crippen molar-refractivity contribution < 1.29 is 9.72 Å². The van der Waals surface area contributed by atoms with Gasteiger partial charge in [-0.25, -0.2) is 4.90 Å². The topological polar surface area (TPSA) is 75.5 Å². The molecule has 1 heterocycles. The number of benzene rings is 2. The molecule has 1 unspecified atom stereocenters. The number of amides is 1. The maximum absolute atomic E-state index is 12.6. The second-order valence-corrected chi connectivity index (χ2v) is 6.57. The van der Waals surface area contributed by atoms with Gasteiger partial charge in [0.15, 0.2) is 0 Å². The van der Waals surface area contributed by atoms with E-state index >= 15 is 0 Å². The van der Waals surface area contributed by atoms with Crippen molar-refractivity contribution in [1.82, 2.24) is 10.2 Å². The minimum absolute atomic E-state index is 0.313. The lowest BCUT2D eigenvalue weighted by atomic mass is 10.0. The number of nitrogens with one attached hydrogen (secondary N) is 1. The number of nitro groups is 1. The van der Waals surface area contributed by atoms with Crippen LogP contribution in [-0.2, 0) is 6.42 Å². The molecule has 136 valence electrons. The summed E-state index contributed by atoms with van der Waals surface area (Å²) >= 11 is 0. The van der Waals surface area contributed by atoms with Crippen molar-refractivity contribution in [1.29, 1.82) is 0 Å². The first-order valence-electron chi connectivity index (χ1n) is 8.93. The van der Waals surface area contributed by atoms with Crippen molar-refractivity contribution in [3.05, 3.63) is 81.9 Å². The van der Waals surface area contributed by atoms with Gasteiger partial charge >= 0.3 is 5.79 Å². The number of carbonyl (C=O) groups is 1. The molecule has 0 aromatic heterocycles. The molecule has 26 heavy (non-hydrogen) atoms. The summed E-state index contributed by atoms with van der Waals surface area (Å²) in [6.07, 6.45) is 2.63. The van der Waals surface area contributed by atoms with Crippen LogP contribution < -0.4 is 5.32 Å². The molecular formula is C20H23N3O3. The molecule has 0 saturated carbocycles. The highest BCUT2D eigenvalue weighted by molar-refractivity contribution is 5.94. The van der Waals surface area contributed by atoms with Gasteiger partial charge in [0.25, 0.3) is 5.91 Å². The van der Waals surface area contributed by atoms with E-state index < -0.39 is 11.7 Å². The van der Waals surface area contributed by atoms with Crippen molar-refractivity contribution in [3.63, 3.8) is 0 Å². The van der Waals surface area contributed by atoms with Crippen molar-refractivity contribution in [2.45, 2.75) is 31.5 Å². The van der Waals surface area contributed by atoms with E-state index in [1.54, 1.807) is 24.3 Å². The summed E-state index contributed by atoms with van der Waals surface area (Å²) in [5, 5.41) is 14.7. The van der Waals surface area contributed by atoms with Crippen LogP contribution in [0.15, 0.2) is 60.7 Å². The van der Waals surface area contributed by atoms with Crippen LogP contribution in [0, 0.1) is 10.1 Å². The molecule has 6 nitrogen and oxygen atoms in total. The Morgan fingerprint density at radius 3 is 2.38 bits per heavy atom. The molecule has 0 bridgehead atoms. The zero-order chi connectivity index (χ0) is 18.4. The Labute approximate surface area is 153 Å². The molecule has 2 aromatic rings. The van der Waals surface area contributed by atoms with Gasteiger partial charge in [-0.1, -0.05) is 48.5 Å². The van der Waals surface area contributed by atoms with Gasteiger partial charge in [0.1, 0.15) is 0 Å². The van der Waals surface area contributed by atoms with E-state index in [2.05, 4.69) is 5.32 Å². The molecule has 1 amide bonds. The molecule has 2 aromatic carbocycles. The number of hydrogen-bond donors (Lipinski definition) is 1. The first kappa shape index (κ1) is 18.1. The van der Waals surface area contributed by atoms with Gasteiger partial charge in [-0.3, -0.25) is 20.2 Å². The van der Waals surface area contributed by atoms with Crippen LogP contribution in [0.3, 0.4) is 0 Å². The van der Waals surface area contributed by atoms with Crippen LogP contribution in [0.25, 0.3) is 0 Å². The second-order valence-electron chi connectivity index (χ2n) is 6.57. The number of likely N-dealkylation sites (tertiary alicyclic amines) is 1. The molecule has 1 fully saturated rings. The van der Waals surface area contributed by atoms with Crippen LogP contribution in [0.1, 0.15) is 35.2 Å². The lowest BCUT2D eigenvalue weighted by Gasteiger charge is -2.39. The van der Waals surface area contributed by atoms with E-state index in [1.807, 2.05) is 41.3 Å². The summed E-state index contributed by atoms with van der Waals surface area (Å²) in [6.45, 7) is 1.13. The Bertz CT molecular complexity index is 751. The largest absolute Gasteiger partial charge is 0.357 e. The summed E-state index contributed by atoms with van der Waals surface area (Å²) in [5.41, 5.74) is 1.56. The monoisotopic (exact) mass is 353 g/mol. The van der Waals surface area contributed by atoms with E-state index in [1.165, 1.54) is 0 Å². The summed E-state index contributed by atoms with van der Waals surface area (Å²) < 4.78 is 0.